The summed E-state index contributed by atoms with van der Waals surface area (Å²) in [7, 11) is 0. The highest BCUT2D eigenvalue weighted by Gasteiger charge is 2.02. The zero-order chi connectivity index (χ0) is 23.4. The second-order valence-corrected chi connectivity index (χ2v) is 9.29. The van der Waals surface area contributed by atoms with Gasteiger partial charge in [0.05, 0.1) is 6.61 Å². The number of allylic oxidation sites excluding steroid dienone is 2. The fraction of sp³-hybridized carbons (Fsp3) is 0.897. The van der Waals surface area contributed by atoms with Gasteiger partial charge in [-0.15, -0.1) is 0 Å². The molecule has 0 aliphatic heterocycles. The van der Waals surface area contributed by atoms with Gasteiger partial charge in [0, 0.05) is 26.1 Å². The lowest BCUT2D eigenvalue weighted by molar-refractivity contribution is -0.144. The van der Waals surface area contributed by atoms with Gasteiger partial charge < -0.3 is 9.47 Å². The third-order valence-corrected chi connectivity index (χ3v) is 5.98. The van der Waals surface area contributed by atoms with Crippen LogP contribution in [0, 0.1) is 0 Å². The summed E-state index contributed by atoms with van der Waals surface area (Å²) in [5, 5.41) is 0. The van der Waals surface area contributed by atoms with Crippen molar-refractivity contribution in [2.75, 3.05) is 19.8 Å². The highest BCUT2D eigenvalue weighted by molar-refractivity contribution is 5.69. The molecule has 0 radical (unpaired) electrons. The van der Waals surface area contributed by atoms with Crippen LogP contribution in [0.3, 0.4) is 0 Å². The Balaban J connectivity index is 3.17. The van der Waals surface area contributed by atoms with Gasteiger partial charge in [0.2, 0.25) is 0 Å². The predicted octanol–water partition coefficient (Wildman–Crippen LogP) is 9.33. The van der Waals surface area contributed by atoms with Crippen LogP contribution in [0.4, 0.5) is 0 Å². The molecule has 0 unspecified atom stereocenters. The molecule has 0 aromatic rings. The normalized spacial score (nSPS) is 11.4. The number of ether oxygens (including phenoxy) is 2. The molecule has 0 aromatic carbocycles. The number of esters is 1. The van der Waals surface area contributed by atoms with E-state index in [1.54, 1.807) is 0 Å². The first-order chi connectivity index (χ1) is 15.8. The van der Waals surface area contributed by atoms with E-state index in [4.69, 9.17) is 9.47 Å². The molecule has 0 aliphatic carbocycles. The molecule has 3 heteroatoms. The first kappa shape index (κ1) is 31.2. The Morgan fingerprint density at radius 2 is 1.00 bits per heavy atom. The fourth-order valence-electron chi connectivity index (χ4n) is 3.81. The van der Waals surface area contributed by atoms with Gasteiger partial charge in [0.1, 0.15) is 0 Å². The van der Waals surface area contributed by atoms with Gasteiger partial charge in [-0.1, -0.05) is 109 Å². The maximum Gasteiger partial charge on any atom is 0.305 e. The Morgan fingerprint density at radius 1 is 0.531 bits per heavy atom. The average Bonchev–Trinajstić information content (AvgIpc) is 2.80. The third kappa shape index (κ3) is 27.2. The van der Waals surface area contributed by atoms with E-state index in [0.29, 0.717) is 19.6 Å². The average molecular weight is 453 g/mol. The van der Waals surface area contributed by atoms with Crippen molar-refractivity contribution >= 4 is 5.97 Å². The molecule has 3 nitrogen and oxygen atoms in total. The van der Waals surface area contributed by atoms with Crippen molar-refractivity contribution in [1.29, 1.82) is 0 Å². The molecule has 0 rings (SSSR count). The molecule has 0 heterocycles. The number of carbonyl (C=O) groups excluding carboxylic acids is 1. The number of hydrogen-bond donors (Lipinski definition) is 0. The van der Waals surface area contributed by atoms with Gasteiger partial charge in [0.15, 0.2) is 0 Å². The highest BCUT2D eigenvalue weighted by Crippen LogP contribution is 2.12. The van der Waals surface area contributed by atoms with E-state index in [1.165, 1.54) is 96.3 Å². The minimum atomic E-state index is -0.0421. The lowest BCUT2D eigenvalue weighted by Crippen LogP contribution is -2.08. The van der Waals surface area contributed by atoms with E-state index in [9.17, 15) is 4.79 Å². The summed E-state index contributed by atoms with van der Waals surface area (Å²) >= 11 is 0. The Morgan fingerprint density at radius 3 is 1.56 bits per heavy atom. The van der Waals surface area contributed by atoms with E-state index in [0.717, 1.165) is 38.7 Å². The summed E-state index contributed by atoms with van der Waals surface area (Å²) in [5.74, 6) is -0.0421. The van der Waals surface area contributed by atoms with Crippen molar-refractivity contribution in [1.82, 2.24) is 0 Å². The van der Waals surface area contributed by atoms with Crippen LogP contribution in [-0.2, 0) is 14.3 Å². The first-order valence-corrected chi connectivity index (χ1v) is 14.2. The number of carbonyl (C=O) groups is 1. The van der Waals surface area contributed by atoms with Gasteiger partial charge in [-0.3, -0.25) is 4.79 Å². The van der Waals surface area contributed by atoms with Crippen molar-refractivity contribution < 1.29 is 14.3 Å². The monoisotopic (exact) mass is 452 g/mol. The minimum Gasteiger partial charge on any atom is -0.466 e. The molecule has 0 atom stereocenters. The zero-order valence-electron chi connectivity index (χ0n) is 21.9. The summed E-state index contributed by atoms with van der Waals surface area (Å²) < 4.78 is 10.7. The van der Waals surface area contributed by atoms with E-state index >= 15 is 0 Å². The first-order valence-electron chi connectivity index (χ1n) is 14.2. The van der Waals surface area contributed by atoms with Crippen LogP contribution in [-0.4, -0.2) is 25.8 Å². The van der Waals surface area contributed by atoms with E-state index in [-0.39, 0.29) is 5.97 Å². The topological polar surface area (TPSA) is 35.5 Å². The minimum absolute atomic E-state index is 0.0421. The molecule has 32 heavy (non-hydrogen) atoms. The predicted molar refractivity (Wildman–Crippen MR) is 139 cm³/mol. The molecule has 0 aliphatic rings. The largest absolute Gasteiger partial charge is 0.466 e. The Kier molecular flexibility index (Phi) is 27.5. The smallest absolute Gasteiger partial charge is 0.305 e. The quantitative estimate of drug-likeness (QED) is 0.0744. The summed E-state index contributed by atoms with van der Waals surface area (Å²) in [4.78, 5) is 11.7. The van der Waals surface area contributed by atoms with Crippen LogP contribution in [0.25, 0.3) is 0 Å². The lowest BCUT2D eigenvalue weighted by Gasteiger charge is -2.06. The number of unbranched alkanes of at least 4 members (excludes halogenated alkanes) is 16. The van der Waals surface area contributed by atoms with Gasteiger partial charge in [-0.25, -0.2) is 0 Å². The van der Waals surface area contributed by atoms with Crippen LogP contribution in [0.1, 0.15) is 149 Å². The SMILES string of the molecule is CCCCCCCCC=CCCCCCCCCCCCC(=O)OCCCOCCCC. The van der Waals surface area contributed by atoms with Gasteiger partial charge >= 0.3 is 5.97 Å². The maximum atomic E-state index is 11.7. The molecule has 0 N–H and O–H groups in total. The summed E-state index contributed by atoms with van der Waals surface area (Å²) in [6.45, 7) is 6.45. The third-order valence-electron chi connectivity index (χ3n) is 5.98. The number of hydrogen-bond acceptors (Lipinski definition) is 3. The van der Waals surface area contributed by atoms with E-state index in [2.05, 4.69) is 26.0 Å². The highest BCUT2D eigenvalue weighted by atomic mass is 16.5. The van der Waals surface area contributed by atoms with Crippen molar-refractivity contribution in [3.63, 3.8) is 0 Å². The summed E-state index contributed by atoms with van der Waals surface area (Å²) in [5.41, 5.74) is 0. The van der Waals surface area contributed by atoms with Gasteiger partial charge in [0.25, 0.3) is 0 Å². The molecule has 0 bridgehead atoms. The Labute approximate surface area is 201 Å². The van der Waals surface area contributed by atoms with Gasteiger partial charge in [-0.2, -0.15) is 0 Å². The Hall–Kier alpha value is -0.830. The summed E-state index contributed by atoms with van der Waals surface area (Å²) in [6, 6.07) is 0. The molecule has 0 fully saturated rings. The van der Waals surface area contributed by atoms with E-state index < -0.39 is 0 Å². The maximum absolute atomic E-state index is 11.7. The van der Waals surface area contributed by atoms with Gasteiger partial charge in [-0.05, 0) is 38.5 Å². The molecular formula is C29H56O3. The molecule has 0 aromatic heterocycles. The van der Waals surface area contributed by atoms with Crippen LogP contribution >= 0.6 is 0 Å². The zero-order valence-corrected chi connectivity index (χ0v) is 21.9. The van der Waals surface area contributed by atoms with Crippen molar-refractivity contribution in [2.45, 2.75) is 149 Å². The summed E-state index contributed by atoms with van der Waals surface area (Å²) in [6.07, 6.45) is 30.8. The van der Waals surface area contributed by atoms with Crippen molar-refractivity contribution in [3.8, 4) is 0 Å². The Bertz CT molecular complexity index is 392. The van der Waals surface area contributed by atoms with E-state index in [1.807, 2.05) is 0 Å². The fourth-order valence-corrected chi connectivity index (χ4v) is 3.81. The van der Waals surface area contributed by atoms with Crippen molar-refractivity contribution in [3.05, 3.63) is 12.2 Å². The molecule has 0 saturated carbocycles. The second kappa shape index (κ2) is 28.2. The molecule has 0 spiro atoms. The number of rotatable bonds is 26. The lowest BCUT2D eigenvalue weighted by atomic mass is 10.1. The molecule has 0 amide bonds. The molecular weight excluding hydrogens is 396 g/mol. The second-order valence-electron chi connectivity index (χ2n) is 9.29. The van der Waals surface area contributed by atoms with Crippen molar-refractivity contribution in [2.24, 2.45) is 0 Å². The molecule has 0 saturated heterocycles. The van der Waals surface area contributed by atoms with Crippen LogP contribution in [0.15, 0.2) is 12.2 Å². The van der Waals surface area contributed by atoms with Crippen LogP contribution < -0.4 is 0 Å². The molecule has 190 valence electrons. The van der Waals surface area contributed by atoms with Crippen LogP contribution in [0.5, 0.6) is 0 Å². The standard InChI is InChI=1S/C29H56O3/c1-3-5-7-8-9-10-11-12-13-14-15-16-17-18-19-20-21-22-23-25-29(30)32-28-24-27-31-26-6-4-2/h12-13H,3-11,14-28H2,1-2H3. The van der Waals surface area contributed by atoms with Crippen LogP contribution in [0.2, 0.25) is 0 Å².